The number of nitrogens with zero attached hydrogens (tertiary/aromatic N) is 4. The Morgan fingerprint density at radius 3 is 2.46 bits per heavy atom. The number of anilines is 2. The van der Waals surface area contributed by atoms with Crippen molar-refractivity contribution in [3.05, 3.63) is 41.2 Å². The van der Waals surface area contributed by atoms with E-state index in [0.29, 0.717) is 12.1 Å². The van der Waals surface area contributed by atoms with E-state index in [-0.39, 0.29) is 23.8 Å². The van der Waals surface area contributed by atoms with Crippen LogP contribution in [-0.2, 0) is 6.18 Å². The lowest BCUT2D eigenvalue weighted by Crippen LogP contribution is -2.40. The molecule has 2 atom stereocenters. The van der Waals surface area contributed by atoms with Crippen LogP contribution in [0.25, 0.3) is 0 Å². The minimum Gasteiger partial charge on any atom is -0.289 e. The average molecular weight is 389 g/mol. The van der Waals surface area contributed by atoms with Gasteiger partial charge in [-0.2, -0.15) is 23.5 Å². The molecule has 1 aromatic heterocycles. The van der Waals surface area contributed by atoms with Gasteiger partial charge < -0.3 is 0 Å². The molecule has 1 aromatic carbocycles. The number of aryl methyl sites for hydroxylation is 1. The predicted octanol–water partition coefficient (Wildman–Crippen LogP) is 4.37. The number of nitrogens with one attached hydrogen (secondary N) is 1. The molecule has 0 unspecified atom stereocenters. The fourth-order valence-electron chi connectivity index (χ4n) is 4.28. The molecular formula is C19H18F3N5O. The molecule has 1 saturated heterocycles. The molecule has 28 heavy (non-hydrogen) atoms. The third-order valence-corrected chi connectivity index (χ3v) is 5.54. The van der Waals surface area contributed by atoms with Gasteiger partial charge in [0.15, 0.2) is 0 Å². The normalized spacial score (nSPS) is 22.3. The molecule has 1 aliphatic carbocycles. The number of rotatable bonds is 2. The van der Waals surface area contributed by atoms with Gasteiger partial charge in [-0.15, -0.1) is 0 Å². The summed E-state index contributed by atoms with van der Waals surface area (Å²) in [6.45, 7) is 1.81. The van der Waals surface area contributed by atoms with E-state index in [4.69, 9.17) is 5.26 Å². The molecular weight excluding hydrogens is 371 g/mol. The number of fused-ring (bicyclic) bond motifs is 1. The van der Waals surface area contributed by atoms with E-state index >= 15 is 0 Å². The molecule has 0 bridgehead atoms. The summed E-state index contributed by atoms with van der Waals surface area (Å²) in [7, 11) is 0. The zero-order valence-corrected chi connectivity index (χ0v) is 15.1. The molecule has 6 nitrogen and oxygen atoms in total. The number of carbonyl (C=O) groups is 1. The molecule has 2 aromatic rings. The maximum Gasteiger partial charge on any atom is 0.417 e. The first kappa shape index (κ1) is 18.3. The van der Waals surface area contributed by atoms with Crippen LogP contribution in [0.5, 0.6) is 0 Å². The highest BCUT2D eigenvalue weighted by Gasteiger charge is 2.49. The monoisotopic (exact) mass is 389 g/mol. The van der Waals surface area contributed by atoms with Gasteiger partial charge in [-0.1, -0.05) is 12.8 Å². The second-order valence-corrected chi connectivity index (χ2v) is 7.16. The minimum atomic E-state index is -4.67. The summed E-state index contributed by atoms with van der Waals surface area (Å²) in [6.07, 6.45) is 0.256. The number of aromatic nitrogens is 2. The van der Waals surface area contributed by atoms with Crippen LogP contribution in [0.3, 0.4) is 0 Å². The van der Waals surface area contributed by atoms with Gasteiger partial charge in [-0.3, -0.25) is 14.9 Å². The van der Waals surface area contributed by atoms with Crippen molar-refractivity contribution in [2.24, 2.45) is 0 Å². The number of halogens is 3. The van der Waals surface area contributed by atoms with E-state index in [9.17, 15) is 18.0 Å². The molecule has 9 heteroatoms. The Bertz CT molecular complexity index is 961. The van der Waals surface area contributed by atoms with E-state index in [2.05, 4.69) is 10.2 Å². The van der Waals surface area contributed by atoms with Crippen LogP contribution in [0.2, 0.25) is 0 Å². The highest BCUT2D eigenvalue weighted by molar-refractivity contribution is 6.08. The van der Waals surface area contributed by atoms with Crippen molar-refractivity contribution in [3.63, 3.8) is 0 Å². The van der Waals surface area contributed by atoms with Crippen molar-refractivity contribution in [3.8, 4) is 6.07 Å². The number of hydrogen-bond acceptors (Lipinski definition) is 3. The molecule has 1 N–H and O–H groups in total. The molecule has 1 saturated carbocycles. The van der Waals surface area contributed by atoms with E-state index in [1.54, 1.807) is 24.1 Å². The maximum atomic E-state index is 13.4. The second-order valence-electron chi connectivity index (χ2n) is 7.16. The quantitative estimate of drug-likeness (QED) is 0.829. The van der Waals surface area contributed by atoms with Crippen molar-refractivity contribution in [1.82, 2.24) is 10.2 Å². The zero-order chi connectivity index (χ0) is 20.1. The van der Waals surface area contributed by atoms with Crippen molar-refractivity contribution in [1.29, 1.82) is 5.26 Å². The van der Waals surface area contributed by atoms with Gasteiger partial charge >= 0.3 is 12.2 Å². The van der Waals surface area contributed by atoms with Gasteiger partial charge in [0.1, 0.15) is 0 Å². The lowest BCUT2D eigenvalue weighted by molar-refractivity contribution is -0.137. The predicted molar refractivity (Wildman–Crippen MR) is 95.9 cm³/mol. The lowest BCUT2D eigenvalue weighted by Gasteiger charge is -2.31. The summed E-state index contributed by atoms with van der Waals surface area (Å²) in [4.78, 5) is 16.4. The summed E-state index contributed by atoms with van der Waals surface area (Å²) >= 11 is 0. The number of benzene rings is 1. The number of amides is 2. The fraction of sp³-hybridized carbons (Fsp3) is 0.421. The number of carbonyl (C=O) groups excluding carboxylic acids is 1. The van der Waals surface area contributed by atoms with Crippen LogP contribution in [0.15, 0.2) is 24.4 Å². The van der Waals surface area contributed by atoms with Crippen LogP contribution < -0.4 is 9.80 Å². The van der Waals surface area contributed by atoms with Gasteiger partial charge in [-0.25, -0.2) is 4.79 Å². The van der Waals surface area contributed by atoms with Crippen LogP contribution >= 0.6 is 0 Å². The first-order chi connectivity index (χ1) is 13.3. The molecule has 2 heterocycles. The summed E-state index contributed by atoms with van der Waals surface area (Å²) < 4.78 is 40.2. The number of nitriles is 1. The summed E-state index contributed by atoms with van der Waals surface area (Å²) in [5.41, 5.74) is 0.0671. The van der Waals surface area contributed by atoms with Gasteiger partial charge in [-0.05, 0) is 38.0 Å². The van der Waals surface area contributed by atoms with Crippen molar-refractivity contribution >= 4 is 17.4 Å². The van der Waals surface area contributed by atoms with Crippen molar-refractivity contribution in [2.45, 2.75) is 50.9 Å². The summed E-state index contributed by atoms with van der Waals surface area (Å²) in [6, 6.07) is 4.34. The molecule has 4 rings (SSSR count). The highest BCUT2D eigenvalue weighted by Crippen LogP contribution is 2.42. The van der Waals surface area contributed by atoms with E-state index in [0.717, 1.165) is 37.1 Å². The van der Waals surface area contributed by atoms with Crippen LogP contribution in [-0.4, -0.2) is 28.3 Å². The largest absolute Gasteiger partial charge is 0.417 e. The number of H-pyrrole nitrogens is 1. The molecule has 1 aliphatic heterocycles. The SMILES string of the molecule is Cc1[nH]ncc1N1C(=O)N(c2ccc(C#N)c(C(F)(F)F)c2)[C@H]2CCCC[C@@H]21. The first-order valence-electron chi connectivity index (χ1n) is 9.06. The fourth-order valence-corrected chi connectivity index (χ4v) is 4.28. The average Bonchev–Trinajstić information content (AvgIpc) is 3.20. The molecule has 146 valence electrons. The second kappa shape index (κ2) is 6.55. The smallest absolute Gasteiger partial charge is 0.289 e. The molecule has 2 amide bonds. The van der Waals surface area contributed by atoms with Gasteiger partial charge in [0.05, 0.1) is 46.9 Å². The van der Waals surface area contributed by atoms with Gasteiger partial charge in [0.2, 0.25) is 0 Å². The van der Waals surface area contributed by atoms with Crippen molar-refractivity contribution in [2.75, 3.05) is 9.80 Å². The Kier molecular flexibility index (Phi) is 4.29. The molecule has 2 fully saturated rings. The Morgan fingerprint density at radius 1 is 1.21 bits per heavy atom. The van der Waals surface area contributed by atoms with Crippen LogP contribution in [0.4, 0.5) is 29.3 Å². The van der Waals surface area contributed by atoms with E-state index in [1.165, 1.54) is 11.0 Å². The minimum absolute atomic E-state index is 0.123. The molecule has 0 radical (unpaired) electrons. The highest BCUT2D eigenvalue weighted by atomic mass is 19.4. The van der Waals surface area contributed by atoms with Gasteiger partial charge in [0, 0.05) is 5.69 Å². The Labute approximate surface area is 159 Å². The molecule has 2 aliphatic rings. The third kappa shape index (κ3) is 2.80. The lowest BCUT2D eigenvalue weighted by atomic mass is 9.89. The number of alkyl halides is 3. The van der Waals surface area contributed by atoms with Crippen LogP contribution in [0, 0.1) is 18.3 Å². The van der Waals surface area contributed by atoms with E-state index in [1.807, 2.05) is 0 Å². The number of aromatic amines is 1. The van der Waals surface area contributed by atoms with E-state index < -0.39 is 17.3 Å². The summed E-state index contributed by atoms with van der Waals surface area (Å²) in [5, 5.41) is 15.8. The zero-order valence-electron chi connectivity index (χ0n) is 15.1. The third-order valence-electron chi connectivity index (χ3n) is 5.54. The topological polar surface area (TPSA) is 76.0 Å². The standard InChI is InChI=1S/C19H18F3N5O/c1-11-17(10-24-25-11)27-16-5-3-2-4-15(16)26(18(27)28)13-7-6-12(9-23)14(8-13)19(20,21)22/h6-8,10,15-16H,2-5H2,1H3,(H,24,25)/t15-,16-/m0/s1. The van der Waals surface area contributed by atoms with Crippen molar-refractivity contribution < 1.29 is 18.0 Å². The number of urea groups is 1. The molecule has 0 spiro atoms. The number of hydrogen-bond donors (Lipinski definition) is 1. The Hall–Kier alpha value is -3.02. The Balaban J connectivity index is 1.80. The van der Waals surface area contributed by atoms with Gasteiger partial charge in [0.25, 0.3) is 0 Å². The Morgan fingerprint density at radius 2 is 1.89 bits per heavy atom. The maximum absolute atomic E-state index is 13.4. The van der Waals surface area contributed by atoms with Crippen LogP contribution in [0.1, 0.15) is 42.5 Å². The summed E-state index contributed by atoms with van der Waals surface area (Å²) in [5.74, 6) is 0. The first-order valence-corrected chi connectivity index (χ1v) is 9.06.